The molecular weight excluding hydrogens is 247 g/mol. The Morgan fingerprint density at radius 2 is 1.00 bits per heavy atom. The summed E-state index contributed by atoms with van der Waals surface area (Å²) < 4.78 is 0. The summed E-state index contributed by atoms with van der Waals surface area (Å²) in [6.07, 6.45) is 21.1. The third kappa shape index (κ3) is 17.9. The monoisotopic (exact) mass is 281 g/mol. The van der Waals surface area contributed by atoms with Crippen molar-refractivity contribution in [2.75, 3.05) is 0 Å². The summed E-state index contributed by atoms with van der Waals surface area (Å²) >= 11 is 0. The molecule has 0 N–H and O–H groups in total. The molecule has 0 aliphatic carbocycles. The quantitative estimate of drug-likeness (QED) is 0.226. The molecule has 0 unspecified atom stereocenters. The molecule has 0 fully saturated rings. The van der Waals surface area contributed by atoms with Gasteiger partial charge in [-0.05, 0) is 34.3 Å². The number of hydrogen-bond donors (Lipinski definition) is 0. The van der Waals surface area contributed by atoms with E-state index in [2.05, 4.69) is 37.6 Å². The lowest BCUT2D eigenvalue weighted by Gasteiger charge is -1.96. The van der Waals surface area contributed by atoms with E-state index in [-0.39, 0.29) is 0 Å². The van der Waals surface area contributed by atoms with Crippen LogP contribution in [0.25, 0.3) is 0 Å². The normalized spacial score (nSPS) is 12.5. The minimum absolute atomic E-state index is 1.27. The highest BCUT2D eigenvalue weighted by atomic mass is 31.1. The van der Waals surface area contributed by atoms with Gasteiger partial charge < -0.3 is 0 Å². The maximum absolute atomic E-state index is 2.35. The Bertz CT molecular complexity index is 184. The van der Waals surface area contributed by atoms with E-state index in [1.54, 1.807) is 0 Å². The van der Waals surface area contributed by atoms with Crippen LogP contribution in [0.5, 0.6) is 0 Å². The van der Waals surface area contributed by atoms with Gasteiger partial charge in [0, 0.05) is 0 Å². The fourth-order valence-electron chi connectivity index (χ4n) is 2.05. The van der Waals surface area contributed by atoms with Crippen LogP contribution in [-0.2, 0) is 0 Å². The highest BCUT2D eigenvalue weighted by molar-refractivity contribution is 7.45. The van der Waals surface area contributed by atoms with Gasteiger partial charge in [-0.2, -0.15) is 0 Å². The Hall–Kier alpha value is -0.0900. The first-order valence-electron chi connectivity index (χ1n) is 8.41. The molecule has 0 heterocycles. The van der Waals surface area contributed by atoms with Crippen molar-refractivity contribution in [3.63, 3.8) is 0 Å². The first-order valence-corrected chi connectivity index (χ1v) is 9.45. The average molecular weight is 281 g/mol. The second-order valence-electron chi connectivity index (χ2n) is 5.32. The van der Waals surface area contributed by atoms with E-state index in [9.17, 15) is 0 Å². The second-order valence-corrected chi connectivity index (χ2v) is 6.22. The van der Waals surface area contributed by atoms with E-state index in [1.165, 1.54) is 85.6 Å². The van der Waals surface area contributed by atoms with Crippen LogP contribution in [0.2, 0.25) is 0 Å². The lowest BCUT2D eigenvalue weighted by molar-refractivity contribution is 0.637. The van der Waals surface area contributed by atoms with Gasteiger partial charge in [0.1, 0.15) is 0 Å². The van der Waals surface area contributed by atoms with Gasteiger partial charge in [-0.15, -0.1) is 0 Å². The number of unbranched alkanes of at least 4 members (excludes halogenated alkanes) is 10. The Labute approximate surface area is 123 Å². The molecule has 1 heteroatoms. The number of allylic oxidation sites excluding steroid dienone is 2. The van der Waals surface area contributed by atoms with Crippen LogP contribution < -0.4 is 0 Å². The van der Waals surface area contributed by atoms with Crippen LogP contribution in [-0.4, -0.2) is 0 Å². The van der Waals surface area contributed by atoms with Crippen molar-refractivity contribution in [3.05, 3.63) is 23.8 Å². The summed E-state index contributed by atoms with van der Waals surface area (Å²) in [7, 11) is 1.36. The highest BCUT2D eigenvalue weighted by Crippen LogP contribution is 2.16. The summed E-state index contributed by atoms with van der Waals surface area (Å²) in [5.74, 6) is 4.60. The number of hydrogen-bond acceptors (Lipinski definition) is 0. The van der Waals surface area contributed by atoms with Gasteiger partial charge in [-0.25, -0.2) is 0 Å². The Morgan fingerprint density at radius 3 is 1.42 bits per heavy atom. The summed E-state index contributed by atoms with van der Waals surface area (Å²) in [6.45, 7) is 4.55. The molecule has 0 saturated carbocycles. The zero-order chi connectivity index (χ0) is 14.0. The molecule has 19 heavy (non-hydrogen) atoms. The van der Waals surface area contributed by atoms with Gasteiger partial charge in [-0.1, -0.05) is 89.0 Å². The molecule has 0 atom stereocenters. The molecule has 0 aromatic heterocycles. The van der Waals surface area contributed by atoms with Crippen LogP contribution in [0.3, 0.4) is 0 Å². The molecule has 0 bridgehead atoms. The van der Waals surface area contributed by atoms with E-state index in [0.717, 1.165) is 0 Å². The van der Waals surface area contributed by atoms with Crippen LogP contribution in [0, 0.1) is 0 Å². The van der Waals surface area contributed by atoms with Gasteiger partial charge in [0.2, 0.25) is 0 Å². The zero-order valence-electron chi connectivity index (χ0n) is 13.2. The Morgan fingerprint density at radius 1 is 0.579 bits per heavy atom. The maximum atomic E-state index is 2.35. The molecule has 0 aromatic rings. The molecular formula is C18H34P. The van der Waals surface area contributed by atoms with Crippen molar-refractivity contribution in [1.29, 1.82) is 0 Å². The average Bonchev–Trinajstić information content (AvgIpc) is 2.43. The lowest BCUT2D eigenvalue weighted by Crippen LogP contribution is -1.75. The van der Waals surface area contributed by atoms with E-state index < -0.39 is 0 Å². The van der Waals surface area contributed by atoms with E-state index >= 15 is 0 Å². The smallest absolute Gasteiger partial charge is 0.0267 e. The highest BCUT2D eigenvalue weighted by Gasteiger charge is 1.87. The van der Waals surface area contributed by atoms with E-state index in [1.807, 2.05) is 0 Å². The fraction of sp³-hybridized carbons (Fsp3) is 0.778. The van der Waals surface area contributed by atoms with Crippen molar-refractivity contribution >= 4 is 8.58 Å². The van der Waals surface area contributed by atoms with Crippen molar-refractivity contribution in [2.24, 2.45) is 0 Å². The molecule has 0 aromatic carbocycles. The molecule has 1 radical (unpaired) electrons. The molecule has 0 aliphatic rings. The molecule has 111 valence electrons. The maximum Gasteiger partial charge on any atom is -0.0267 e. The largest absolute Gasteiger partial charge is 0.0834 e. The van der Waals surface area contributed by atoms with Gasteiger partial charge in [-0.3, -0.25) is 0 Å². The Balaban J connectivity index is 3.14. The minimum Gasteiger partial charge on any atom is -0.0834 e. The first kappa shape index (κ1) is 18.9. The minimum atomic E-state index is 1.27. The first-order chi connectivity index (χ1) is 9.41. The summed E-state index contributed by atoms with van der Waals surface area (Å²) in [4.78, 5) is 0. The molecule has 0 aliphatic heterocycles. The third-order valence-corrected chi connectivity index (χ3v) is 4.10. The van der Waals surface area contributed by atoms with Crippen LogP contribution in [0.15, 0.2) is 23.8 Å². The predicted molar refractivity (Wildman–Crippen MR) is 92.0 cm³/mol. The van der Waals surface area contributed by atoms with Gasteiger partial charge in [0.05, 0.1) is 0 Å². The van der Waals surface area contributed by atoms with Gasteiger partial charge in [0.25, 0.3) is 0 Å². The van der Waals surface area contributed by atoms with Crippen LogP contribution >= 0.6 is 8.58 Å². The standard InChI is InChI=1S/C18H34P/c1-3-5-7-9-11-13-15-17-19-18-16-14-12-10-8-6-4-2/h15-18H,3-14H2,1-2H3. The van der Waals surface area contributed by atoms with Crippen LogP contribution in [0.4, 0.5) is 0 Å². The lowest BCUT2D eigenvalue weighted by atomic mass is 10.1. The van der Waals surface area contributed by atoms with E-state index in [4.69, 9.17) is 0 Å². The zero-order valence-corrected chi connectivity index (χ0v) is 14.1. The second kappa shape index (κ2) is 17.9. The molecule has 0 rings (SSSR count). The SMILES string of the molecule is CCCCCCCC=C[P]C=CCCCCCCC. The molecule has 0 saturated heterocycles. The van der Waals surface area contributed by atoms with E-state index in [0.29, 0.717) is 0 Å². The summed E-state index contributed by atoms with van der Waals surface area (Å²) in [5, 5.41) is 0. The van der Waals surface area contributed by atoms with Gasteiger partial charge >= 0.3 is 0 Å². The van der Waals surface area contributed by atoms with Crippen molar-refractivity contribution in [1.82, 2.24) is 0 Å². The van der Waals surface area contributed by atoms with Crippen molar-refractivity contribution < 1.29 is 0 Å². The summed E-state index contributed by atoms with van der Waals surface area (Å²) in [6, 6.07) is 0. The Kier molecular flexibility index (Phi) is 17.8. The number of rotatable bonds is 14. The van der Waals surface area contributed by atoms with Crippen molar-refractivity contribution in [3.8, 4) is 0 Å². The predicted octanol–water partition coefficient (Wildman–Crippen LogP) is 7.68. The summed E-state index contributed by atoms with van der Waals surface area (Å²) in [5.41, 5.74) is 0. The topological polar surface area (TPSA) is 0 Å². The molecule has 0 amide bonds. The van der Waals surface area contributed by atoms with Crippen LogP contribution in [0.1, 0.15) is 90.9 Å². The molecule has 0 nitrogen and oxygen atoms in total. The van der Waals surface area contributed by atoms with Crippen molar-refractivity contribution in [2.45, 2.75) is 90.9 Å². The third-order valence-electron chi connectivity index (χ3n) is 3.33. The fourth-order valence-corrected chi connectivity index (χ4v) is 2.69. The molecule has 0 spiro atoms. The van der Waals surface area contributed by atoms with Gasteiger partial charge in [0.15, 0.2) is 0 Å².